The Kier molecular flexibility index (Phi) is 45.8. The monoisotopic (exact) mass is 817 g/mol. The molecule has 0 aliphatic rings. The van der Waals surface area contributed by atoms with Crippen LogP contribution in [0.3, 0.4) is 0 Å². The SMILES string of the molecule is CC/C=C\C/C=C\CCCCCCCC(=O)OC(COC(=O)CCCCCCCCCCCC)COC(=O)CCCCCCCCCCCCCCCCCCCC. The van der Waals surface area contributed by atoms with Crippen LogP contribution in [0.25, 0.3) is 0 Å². The molecule has 0 aromatic rings. The minimum absolute atomic E-state index is 0.0725. The Morgan fingerprint density at radius 2 is 0.672 bits per heavy atom. The predicted octanol–water partition coefficient (Wildman–Crippen LogP) is 16.4. The van der Waals surface area contributed by atoms with Crippen LogP contribution >= 0.6 is 0 Å². The first-order chi connectivity index (χ1) is 28.5. The minimum atomic E-state index is -0.771. The number of carbonyl (C=O) groups excluding carboxylic acids is 3. The Morgan fingerprint density at radius 3 is 1.03 bits per heavy atom. The molecule has 0 radical (unpaired) electrons. The number of rotatable bonds is 46. The molecule has 0 N–H and O–H groups in total. The third-order valence-corrected chi connectivity index (χ3v) is 11.2. The molecular formula is C52H96O6. The van der Waals surface area contributed by atoms with Crippen molar-refractivity contribution in [2.24, 2.45) is 0 Å². The maximum Gasteiger partial charge on any atom is 0.306 e. The van der Waals surface area contributed by atoms with Crippen LogP contribution in [0.4, 0.5) is 0 Å². The first kappa shape index (κ1) is 55.9. The van der Waals surface area contributed by atoms with Crippen molar-refractivity contribution in [3.05, 3.63) is 24.3 Å². The van der Waals surface area contributed by atoms with Gasteiger partial charge in [0.05, 0.1) is 0 Å². The molecule has 0 saturated carbocycles. The van der Waals surface area contributed by atoms with Gasteiger partial charge in [-0.2, -0.15) is 0 Å². The molecule has 0 amide bonds. The number of unbranched alkanes of at least 4 members (excludes halogenated alkanes) is 31. The minimum Gasteiger partial charge on any atom is -0.462 e. The van der Waals surface area contributed by atoms with Crippen molar-refractivity contribution in [3.8, 4) is 0 Å². The van der Waals surface area contributed by atoms with E-state index in [-0.39, 0.29) is 31.1 Å². The molecule has 0 saturated heterocycles. The number of carbonyl (C=O) groups is 3. The first-order valence-electron chi connectivity index (χ1n) is 25.3. The number of ether oxygens (including phenoxy) is 3. The van der Waals surface area contributed by atoms with Gasteiger partial charge in [0.25, 0.3) is 0 Å². The summed E-state index contributed by atoms with van der Waals surface area (Å²) in [5, 5.41) is 0. The van der Waals surface area contributed by atoms with Crippen molar-refractivity contribution >= 4 is 17.9 Å². The number of hydrogen-bond acceptors (Lipinski definition) is 6. The Morgan fingerprint density at radius 1 is 0.362 bits per heavy atom. The van der Waals surface area contributed by atoms with Gasteiger partial charge in [-0.25, -0.2) is 0 Å². The van der Waals surface area contributed by atoms with E-state index in [4.69, 9.17) is 14.2 Å². The second-order valence-corrected chi connectivity index (χ2v) is 17.1. The smallest absolute Gasteiger partial charge is 0.306 e. The number of esters is 3. The maximum atomic E-state index is 12.7. The summed E-state index contributed by atoms with van der Waals surface area (Å²) < 4.78 is 16.7. The molecule has 6 heteroatoms. The average Bonchev–Trinajstić information content (AvgIpc) is 3.22. The lowest BCUT2D eigenvalue weighted by Crippen LogP contribution is -2.30. The molecule has 58 heavy (non-hydrogen) atoms. The molecule has 1 atom stereocenters. The van der Waals surface area contributed by atoms with Gasteiger partial charge in [-0.05, 0) is 44.9 Å². The summed E-state index contributed by atoms with van der Waals surface area (Å²) in [6.07, 6.45) is 53.1. The summed E-state index contributed by atoms with van der Waals surface area (Å²) in [5.74, 6) is -0.877. The van der Waals surface area contributed by atoms with Crippen LogP contribution in [0.2, 0.25) is 0 Å². The fourth-order valence-electron chi connectivity index (χ4n) is 7.42. The van der Waals surface area contributed by atoms with Crippen molar-refractivity contribution in [1.29, 1.82) is 0 Å². The van der Waals surface area contributed by atoms with Crippen LogP contribution in [0.15, 0.2) is 24.3 Å². The molecule has 0 bridgehead atoms. The third kappa shape index (κ3) is 45.0. The van der Waals surface area contributed by atoms with Crippen LogP contribution in [-0.2, 0) is 28.6 Å². The highest BCUT2D eigenvalue weighted by Crippen LogP contribution is 2.16. The quantitative estimate of drug-likeness (QED) is 0.0263. The van der Waals surface area contributed by atoms with E-state index in [2.05, 4.69) is 45.1 Å². The summed E-state index contributed by atoms with van der Waals surface area (Å²) in [6, 6.07) is 0. The molecule has 0 aromatic carbocycles. The summed E-state index contributed by atoms with van der Waals surface area (Å²) in [4.78, 5) is 37.8. The lowest BCUT2D eigenvalue weighted by Gasteiger charge is -2.18. The van der Waals surface area contributed by atoms with Crippen LogP contribution < -0.4 is 0 Å². The normalized spacial score (nSPS) is 12.1. The summed E-state index contributed by atoms with van der Waals surface area (Å²) in [7, 11) is 0. The van der Waals surface area contributed by atoms with Crippen molar-refractivity contribution in [3.63, 3.8) is 0 Å². The van der Waals surface area contributed by atoms with E-state index in [0.717, 1.165) is 89.9 Å². The Bertz CT molecular complexity index is 942. The van der Waals surface area contributed by atoms with Gasteiger partial charge in [0.15, 0.2) is 6.10 Å². The van der Waals surface area contributed by atoms with Crippen LogP contribution in [0.1, 0.15) is 271 Å². The standard InChI is InChI=1S/C52H96O6/c1-4-7-10-13-16-19-22-24-25-26-27-28-29-31-33-36-39-42-45-51(54)57-48-49(47-56-50(53)44-41-38-35-32-21-18-15-12-9-6-3)58-52(55)46-43-40-37-34-30-23-20-17-14-11-8-5-2/h8,11,17,20,49H,4-7,9-10,12-16,18-19,21-48H2,1-3H3/b11-8-,20-17-. The highest BCUT2D eigenvalue weighted by atomic mass is 16.6. The van der Waals surface area contributed by atoms with E-state index in [0.29, 0.717) is 19.3 Å². The molecule has 0 spiro atoms. The van der Waals surface area contributed by atoms with Gasteiger partial charge in [0.2, 0.25) is 0 Å². The summed E-state index contributed by atoms with van der Waals surface area (Å²) in [5.41, 5.74) is 0. The predicted molar refractivity (Wildman–Crippen MR) is 247 cm³/mol. The molecule has 0 aromatic heterocycles. The average molecular weight is 817 g/mol. The third-order valence-electron chi connectivity index (χ3n) is 11.2. The lowest BCUT2D eigenvalue weighted by atomic mass is 10.0. The molecule has 0 fully saturated rings. The van der Waals surface area contributed by atoms with Gasteiger partial charge < -0.3 is 14.2 Å². The van der Waals surface area contributed by atoms with Gasteiger partial charge >= 0.3 is 17.9 Å². The number of hydrogen-bond donors (Lipinski definition) is 0. The van der Waals surface area contributed by atoms with E-state index in [9.17, 15) is 14.4 Å². The van der Waals surface area contributed by atoms with E-state index in [1.807, 2.05) is 0 Å². The maximum absolute atomic E-state index is 12.7. The molecular weight excluding hydrogens is 721 g/mol. The number of allylic oxidation sites excluding steroid dienone is 4. The van der Waals surface area contributed by atoms with Crippen molar-refractivity contribution in [2.45, 2.75) is 277 Å². The Hall–Kier alpha value is -2.11. The van der Waals surface area contributed by atoms with Crippen LogP contribution in [-0.4, -0.2) is 37.2 Å². The summed E-state index contributed by atoms with van der Waals surface area (Å²) in [6.45, 7) is 6.53. The van der Waals surface area contributed by atoms with E-state index >= 15 is 0 Å². The van der Waals surface area contributed by atoms with Gasteiger partial charge in [-0.1, -0.05) is 231 Å². The zero-order valence-corrected chi connectivity index (χ0v) is 38.8. The van der Waals surface area contributed by atoms with Gasteiger partial charge in [-0.15, -0.1) is 0 Å². The largest absolute Gasteiger partial charge is 0.462 e. The highest BCUT2D eigenvalue weighted by Gasteiger charge is 2.19. The van der Waals surface area contributed by atoms with Crippen LogP contribution in [0, 0.1) is 0 Å². The lowest BCUT2D eigenvalue weighted by molar-refractivity contribution is -0.167. The molecule has 6 nitrogen and oxygen atoms in total. The second kappa shape index (κ2) is 47.6. The zero-order valence-electron chi connectivity index (χ0n) is 38.8. The molecule has 0 heterocycles. The van der Waals surface area contributed by atoms with Crippen molar-refractivity contribution in [1.82, 2.24) is 0 Å². The van der Waals surface area contributed by atoms with E-state index < -0.39 is 6.10 Å². The zero-order chi connectivity index (χ0) is 42.3. The van der Waals surface area contributed by atoms with Crippen molar-refractivity contribution < 1.29 is 28.6 Å². The topological polar surface area (TPSA) is 78.9 Å². The van der Waals surface area contributed by atoms with E-state index in [1.54, 1.807) is 0 Å². The molecule has 0 aliphatic heterocycles. The van der Waals surface area contributed by atoms with Crippen LogP contribution in [0.5, 0.6) is 0 Å². The molecule has 0 rings (SSSR count). The Labute approximate surface area is 360 Å². The second-order valence-electron chi connectivity index (χ2n) is 17.1. The molecule has 1 unspecified atom stereocenters. The fourth-order valence-corrected chi connectivity index (χ4v) is 7.42. The van der Waals surface area contributed by atoms with Gasteiger partial charge in [-0.3, -0.25) is 14.4 Å². The fraction of sp³-hybridized carbons (Fsp3) is 0.865. The Balaban J connectivity index is 4.27. The van der Waals surface area contributed by atoms with Crippen molar-refractivity contribution in [2.75, 3.05) is 13.2 Å². The van der Waals surface area contributed by atoms with Gasteiger partial charge in [0.1, 0.15) is 13.2 Å². The highest BCUT2D eigenvalue weighted by molar-refractivity contribution is 5.71. The molecule has 340 valence electrons. The van der Waals surface area contributed by atoms with Gasteiger partial charge in [0, 0.05) is 19.3 Å². The molecule has 0 aliphatic carbocycles. The van der Waals surface area contributed by atoms with E-state index in [1.165, 1.54) is 141 Å². The first-order valence-corrected chi connectivity index (χ1v) is 25.3. The summed E-state index contributed by atoms with van der Waals surface area (Å²) >= 11 is 0.